The summed E-state index contributed by atoms with van der Waals surface area (Å²) >= 11 is 9.75. The van der Waals surface area contributed by atoms with E-state index in [9.17, 15) is 0 Å². The molecule has 10 heavy (non-hydrogen) atoms. The molecule has 1 nitrogen and oxygen atoms in total. The summed E-state index contributed by atoms with van der Waals surface area (Å²) in [6.45, 7) is 6.69. The molecular formula is C7H4ClNS. The van der Waals surface area contributed by atoms with Crippen molar-refractivity contribution >= 4 is 29.9 Å². The van der Waals surface area contributed by atoms with E-state index < -0.39 is 0 Å². The molecule has 0 aliphatic rings. The van der Waals surface area contributed by atoms with Crippen LogP contribution in [0.1, 0.15) is 0 Å². The van der Waals surface area contributed by atoms with Gasteiger partial charge in [-0.15, -0.1) is 12.6 Å². The maximum atomic E-state index is 6.69. The van der Waals surface area contributed by atoms with Gasteiger partial charge in [-0.1, -0.05) is 23.7 Å². The van der Waals surface area contributed by atoms with Crippen molar-refractivity contribution in [3.05, 3.63) is 34.6 Å². The Labute approximate surface area is 69.9 Å². The fraction of sp³-hybridized carbons (Fsp3) is 0. The van der Waals surface area contributed by atoms with Gasteiger partial charge in [0.2, 0.25) is 5.69 Å². The second-order valence-corrected chi connectivity index (χ2v) is 2.58. The molecule has 0 bridgehead atoms. The molecule has 0 atom stereocenters. The molecule has 0 saturated heterocycles. The molecule has 50 valence electrons. The fourth-order valence-corrected chi connectivity index (χ4v) is 0.963. The Morgan fingerprint density at radius 3 is 2.70 bits per heavy atom. The van der Waals surface area contributed by atoms with Gasteiger partial charge in [0.1, 0.15) is 0 Å². The van der Waals surface area contributed by atoms with E-state index >= 15 is 0 Å². The summed E-state index contributed by atoms with van der Waals surface area (Å²) in [5.41, 5.74) is 0.453. The minimum atomic E-state index is 0.431. The van der Waals surface area contributed by atoms with Crippen LogP contribution in [0.2, 0.25) is 5.02 Å². The van der Waals surface area contributed by atoms with E-state index in [1.807, 2.05) is 0 Å². The molecular weight excluding hydrogens is 166 g/mol. The average molecular weight is 170 g/mol. The Bertz CT molecular complexity index is 290. The summed E-state index contributed by atoms with van der Waals surface area (Å²) < 4.78 is 0. The highest BCUT2D eigenvalue weighted by Gasteiger charge is 2.00. The van der Waals surface area contributed by atoms with E-state index in [1.54, 1.807) is 18.2 Å². The number of hydrogen-bond acceptors (Lipinski definition) is 1. The van der Waals surface area contributed by atoms with Crippen molar-refractivity contribution in [1.29, 1.82) is 0 Å². The number of nitrogens with zero attached hydrogens (tertiary/aromatic N) is 1. The lowest BCUT2D eigenvalue weighted by atomic mass is 10.3. The van der Waals surface area contributed by atoms with Gasteiger partial charge in [0.25, 0.3) is 0 Å². The number of halogens is 1. The summed E-state index contributed by atoms with van der Waals surface area (Å²) in [6.07, 6.45) is 0. The highest BCUT2D eigenvalue weighted by atomic mass is 35.5. The van der Waals surface area contributed by atoms with E-state index in [0.29, 0.717) is 15.6 Å². The van der Waals surface area contributed by atoms with Gasteiger partial charge in [0.05, 0.1) is 11.6 Å². The van der Waals surface area contributed by atoms with Crippen molar-refractivity contribution in [3.8, 4) is 0 Å². The van der Waals surface area contributed by atoms with Crippen molar-refractivity contribution in [1.82, 2.24) is 0 Å². The van der Waals surface area contributed by atoms with Crippen LogP contribution in [0.25, 0.3) is 4.85 Å². The van der Waals surface area contributed by atoms with Gasteiger partial charge in [0, 0.05) is 4.90 Å². The topological polar surface area (TPSA) is 4.36 Å². The molecule has 0 amide bonds. The van der Waals surface area contributed by atoms with Gasteiger partial charge in [0.15, 0.2) is 0 Å². The monoisotopic (exact) mass is 169 g/mol. The van der Waals surface area contributed by atoms with E-state index in [-0.39, 0.29) is 0 Å². The van der Waals surface area contributed by atoms with Crippen LogP contribution in [-0.2, 0) is 0 Å². The third-order valence-electron chi connectivity index (χ3n) is 1.08. The SMILES string of the molecule is [C-]#[N+]c1cccc(S)c1Cl. The van der Waals surface area contributed by atoms with Crippen molar-refractivity contribution in [2.75, 3.05) is 0 Å². The van der Waals surface area contributed by atoms with Gasteiger partial charge >= 0.3 is 0 Å². The molecule has 3 heteroatoms. The number of benzene rings is 1. The quantitative estimate of drug-likeness (QED) is 0.450. The molecule has 1 aromatic carbocycles. The Hall–Kier alpha value is -0.650. The first kappa shape index (κ1) is 7.46. The maximum Gasteiger partial charge on any atom is 0.206 e. The minimum Gasteiger partial charge on any atom is -0.237 e. The van der Waals surface area contributed by atoms with Crippen LogP contribution in [-0.4, -0.2) is 0 Å². The summed E-state index contributed by atoms with van der Waals surface area (Å²) in [6, 6.07) is 5.16. The zero-order chi connectivity index (χ0) is 7.56. The Balaban J connectivity index is 3.31. The lowest BCUT2D eigenvalue weighted by molar-refractivity contribution is 1.49. The predicted octanol–water partition coefficient (Wildman–Crippen LogP) is 3.18. The molecule has 0 fully saturated rings. The highest BCUT2D eigenvalue weighted by Crippen LogP contribution is 2.30. The number of hydrogen-bond donors (Lipinski definition) is 1. The number of thiol groups is 1. The van der Waals surface area contributed by atoms with Gasteiger partial charge in [-0.2, -0.15) is 0 Å². The first-order chi connectivity index (χ1) is 4.75. The Morgan fingerprint density at radius 2 is 2.20 bits per heavy atom. The van der Waals surface area contributed by atoms with Crippen LogP contribution < -0.4 is 0 Å². The maximum absolute atomic E-state index is 6.69. The van der Waals surface area contributed by atoms with Crippen molar-refractivity contribution in [2.45, 2.75) is 4.90 Å². The second-order valence-electron chi connectivity index (χ2n) is 1.72. The van der Waals surface area contributed by atoms with Gasteiger partial charge in [-0.25, -0.2) is 4.85 Å². The zero-order valence-electron chi connectivity index (χ0n) is 5.00. The van der Waals surface area contributed by atoms with Crippen LogP contribution in [0.5, 0.6) is 0 Å². The third-order valence-corrected chi connectivity index (χ3v) is 1.98. The Kier molecular flexibility index (Phi) is 2.21. The van der Waals surface area contributed by atoms with Crippen molar-refractivity contribution < 1.29 is 0 Å². The van der Waals surface area contributed by atoms with Crippen LogP contribution in [0.15, 0.2) is 23.1 Å². The van der Waals surface area contributed by atoms with Crippen LogP contribution >= 0.6 is 24.2 Å². The van der Waals surface area contributed by atoms with Crippen LogP contribution in [0, 0.1) is 6.57 Å². The largest absolute Gasteiger partial charge is 0.237 e. The predicted molar refractivity (Wildman–Crippen MR) is 45.0 cm³/mol. The van der Waals surface area contributed by atoms with E-state index in [1.165, 1.54) is 0 Å². The average Bonchev–Trinajstić information content (AvgIpc) is 1.95. The van der Waals surface area contributed by atoms with E-state index in [0.717, 1.165) is 0 Å². The lowest BCUT2D eigenvalue weighted by Crippen LogP contribution is -1.67. The van der Waals surface area contributed by atoms with Crippen LogP contribution in [0.3, 0.4) is 0 Å². The molecule has 0 saturated carbocycles. The molecule has 0 spiro atoms. The van der Waals surface area contributed by atoms with Gasteiger partial charge in [-0.3, -0.25) is 0 Å². The minimum absolute atomic E-state index is 0.431. The molecule has 0 unspecified atom stereocenters. The van der Waals surface area contributed by atoms with E-state index in [4.69, 9.17) is 18.2 Å². The molecule has 0 heterocycles. The standard InChI is InChI=1S/C7H4ClNS/c1-9-5-3-2-4-6(10)7(5)8/h2-4,10H. The zero-order valence-corrected chi connectivity index (χ0v) is 6.65. The molecule has 1 aromatic rings. The second kappa shape index (κ2) is 2.96. The number of rotatable bonds is 0. The molecule has 0 aliphatic heterocycles. The summed E-state index contributed by atoms with van der Waals surface area (Å²) in [7, 11) is 0. The third kappa shape index (κ3) is 1.26. The molecule has 0 N–H and O–H groups in total. The fourth-order valence-electron chi connectivity index (χ4n) is 0.594. The molecule has 0 aliphatic carbocycles. The Morgan fingerprint density at radius 1 is 1.50 bits per heavy atom. The first-order valence-corrected chi connectivity index (χ1v) is 3.43. The van der Waals surface area contributed by atoms with Gasteiger partial charge < -0.3 is 0 Å². The summed E-state index contributed by atoms with van der Waals surface area (Å²) in [5, 5.41) is 0.431. The van der Waals surface area contributed by atoms with Crippen molar-refractivity contribution in [2.24, 2.45) is 0 Å². The summed E-state index contributed by atoms with van der Waals surface area (Å²) in [4.78, 5) is 3.85. The van der Waals surface area contributed by atoms with E-state index in [2.05, 4.69) is 17.5 Å². The van der Waals surface area contributed by atoms with Crippen molar-refractivity contribution in [3.63, 3.8) is 0 Å². The summed E-state index contributed by atoms with van der Waals surface area (Å²) in [5.74, 6) is 0. The molecule has 0 aromatic heterocycles. The van der Waals surface area contributed by atoms with Gasteiger partial charge in [-0.05, 0) is 6.07 Å². The van der Waals surface area contributed by atoms with Crippen LogP contribution in [0.4, 0.5) is 5.69 Å². The molecule has 0 radical (unpaired) electrons. The first-order valence-electron chi connectivity index (χ1n) is 2.60. The normalized spacial score (nSPS) is 8.90. The lowest BCUT2D eigenvalue weighted by Gasteiger charge is -1.95. The molecule has 1 rings (SSSR count). The smallest absolute Gasteiger partial charge is 0.206 e. The highest BCUT2D eigenvalue weighted by molar-refractivity contribution is 7.80.